The lowest BCUT2D eigenvalue weighted by atomic mass is 10.1. The number of para-hydroxylation sites is 1. The molecule has 3 aromatic rings. The van der Waals surface area contributed by atoms with Crippen molar-refractivity contribution in [1.29, 1.82) is 0 Å². The molecule has 0 atom stereocenters. The normalized spacial score (nSPS) is 14.4. The molecule has 4 rings (SSSR count). The fourth-order valence-electron chi connectivity index (χ4n) is 4.13. The summed E-state index contributed by atoms with van der Waals surface area (Å²) in [4.78, 5) is 3.17. The highest BCUT2D eigenvalue weighted by Gasteiger charge is 2.37. The summed E-state index contributed by atoms with van der Waals surface area (Å²) in [7, 11) is -4.64. The van der Waals surface area contributed by atoms with Crippen LogP contribution in [0.2, 0.25) is 0 Å². The van der Waals surface area contributed by atoms with E-state index in [1.165, 1.54) is 32.0 Å². The molecule has 0 saturated heterocycles. The van der Waals surface area contributed by atoms with Crippen molar-refractivity contribution < 1.29 is 44.6 Å². The van der Waals surface area contributed by atoms with Gasteiger partial charge in [-0.15, -0.1) is 18.3 Å². The molecule has 2 heterocycles. The number of hydrogen-bond donors (Lipinski definition) is 4. The Bertz CT molecular complexity index is 1640. The Morgan fingerprint density at radius 3 is 2.33 bits per heavy atom. The van der Waals surface area contributed by atoms with Crippen LogP contribution in [-0.2, 0) is 22.7 Å². The van der Waals surface area contributed by atoms with Crippen LogP contribution >= 0.6 is 0 Å². The van der Waals surface area contributed by atoms with E-state index in [1.807, 2.05) is 0 Å². The number of benzene rings is 2. The number of ether oxygens (including phenoxy) is 1. The predicted molar refractivity (Wildman–Crippen MR) is 143 cm³/mol. The molecule has 6 N–H and O–H groups in total. The Labute approximate surface area is 241 Å². The Hall–Kier alpha value is -4.29. The molecule has 0 spiro atoms. The summed E-state index contributed by atoms with van der Waals surface area (Å²) < 4.78 is 111. The van der Waals surface area contributed by atoms with E-state index < -0.39 is 51.0 Å². The number of amidine groups is 1. The van der Waals surface area contributed by atoms with E-state index in [-0.39, 0.29) is 40.7 Å². The Morgan fingerprint density at radius 1 is 1.09 bits per heavy atom. The van der Waals surface area contributed by atoms with Crippen LogP contribution < -0.4 is 25.9 Å². The third-order valence-electron chi connectivity index (χ3n) is 5.83. The van der Waals surface area contributed by atoms with Crippen LogP contribution in [0.5, 0.6) is 5.75 Å². The number of aliphatic hydroxyl groups is 1. The smallest absolute Gasteiger partial charge is 0.406 e. The molecular weight excluding hydrogens is 608 g/mol. The number of aromatic nitrogens is 1. The third-order valence-corrected chi connectivity index (χ3v) is 7.59. The summed E-state index contributed by atoms with van der Waals surface area (Å²) in [6.45, 7) is 2.15. The van der Waals surface area contributed by atoms with Crippen LogP contribution in [0.3, 0.4) is 0 Å². The lowest BCUT2D eigenvalue weighted by molar-refractivity contribution is -0.274. The van der Waals surface area contributed by atoms with E-state index in [2.05, 4.69) is 20.1 Å². The largest absolute Gasteiger partial charge is 0.573 e. The van der Waals surface area contributed by atoms with Crippen molar-refractivity contribution in [2.24, 2.45) is 16.7 Å². The summed E-state index contributed by atoms with van der Waals surface area (Å²) in [6.07, 6.45) is -9.82. The highest BCUT2D eigenvalue weighted by Crippen LogP contribution is 2.42. The van der Waals surface area contributed by atoms with Gasteiger partial charge in [-0.25, -0.2) is 24.4 Å². The van der Waals surface area contributed by atoms with Gasteiger partial charge < -0.3 is 20.9 Å². The van der Waals surface area contributed by atoms with Gasteiger partial charge in [-0.3, -0.25) is 4.31 Å². The zero-order chi connectivity index (χ0) is 32.0. The van der Waals surface area contributed by atoms with Crippen LogP contribution in [-0.4, -0.2) is 48.0 Å². The van der Waals surface area contributed by atoms with Gasteiger partial charge in [0.1, 0.15) is 17.3 Å². The van der Waals surface area contributed by atoms with E-state index in [9.17, 15) is 39.9 Å². The number of nitrogens with two attached hydrogens (primary N) is 2. The summed E-state index contributed by atoms with van der Waals surface area (Å²) in [5.74, 6) is 4.56. The minimum atomic E-state index is -5.02. The molecule has 0 saturated carbocycles. The fourth-order valence-corrected chi connectivity index (χ4v) is 5.61. The molecule has 0 amide bonds. The van der Waals surface area contributed by atoms with Crippen LogP contribution in [0.1, 0.15) is 30.7 Å². The van der Waals surface area contributed by atoms with Crippen molar-refractivity contribution in [3.05, 3.63) is 71.4 Å². The maximum absolute atomic E-state index is 14.0. The topological polar surface area (TPSA) is 159 Å². The van der Waals surface area contributed by atoms with Crippen LogP contribution in [0.4, 0.5) is 43.5 Å². The van der Waals surface area contributed by atoms with Gasteiger partial charge in [0.05, 0.1) is 35.0 Å². The first-order valence-corrected chi connectivity index (χ1v) is 13.6. The lowest BCUT2D eigenvalue weighted by Gasteiger charge is -2.27. The molecule has 0 aliphatic carbocycles. The minimum absolute atomic E-state index is 0.0272. The highest BCUT2D eigenvalue weighted by atomic mass is 32.2. The van der Waals surface area contributed by atoms with Gasteiger partial charge in [0, 0.05) is 11.1 Å². The number of pyridine rings is 1. The first-order chi connectivity index (χ1) is 19.7. The standard InChI is InChI=1S/C25H25F6N7O4S/c1-23(2,39)13-38(33)36-21(32)17-4-3-5-18-20(17)37(12-14-6-11-19(24(26,27)28)35-22(14)34-18)43(40,41)16-9-7-15(8-10-16)42-25(29,30)31/h3-11,39H,12-13,33H2,1-2H3,(H2,32,36)(H,34,35). The van der Waals surface area contributed by atoms with Crippen molar-refractivity contribution in [2.75, 3.05) is 16.2 Å². The van der Waals surface area contributed by atoms with Gasteiger partial charge in [-0.1, -0.05) is 12.1 Å². The fraction of sp³-hybridized carbons (Fsp3) is 0.280. The molecule has 43 heavy (non-hydrogen) atoms. The molecular formula is C25H25F6N7O4S. The molecule has 1 aromatic heterocycles. The van der Waals surface area contributed by atoms with Crippen molar-refractivity contribution in [3.8, 4) is 5.75 Å². The number of halogens is 6. The van der Waals surface area contributed by atoms with Gasteiger partial charge in [0.2, 0.25) is 0 Å². The van der Waals surface area contributed by atoms with Gasteiger partial charge in [0.15, 0.2) is 5.84 Å². The molecule has 11 nitrogen and oxygen atoms in total. The number of anilines is 3. The minimum Gasteiger partial charge on any atom is -0.406 e. The first kappa shape index (κ1) is 31.6. The van der Waals surface area contributed by atoms with E-state index >= 15 is 0 Å². The number of nitrogens with one attached hydrogen (secondary N) is 1. The van der Waals surface area contributed by atoms with Crippen LogP contribution in [0.15, 0.2) is 64.6 Å². The molecule has 1 aliphatic rings. The number of sulfonamides is 1. The summed E-state index contributed by atoms with van der Waals surface area (Å²) >= 11 is 0. The number of fused-ring (bicyclic) bond motifs is 2. The highest BCUT2D eigenvalue weighted by molar-refractivity contribution is 7.92. The second-order valence-corrected chi connectivity index (χ2v) is 11.8. The summed E-state index contributed by atoms with van der Waals surface area (Å²) in [5, 5.41) is 17.6. The SMILES string of the molecule is CC(C)(O)CN(N)/N=C(/N)c1cccc2c1N(S(=O)(=O)c1ccc(OC(F)(F)F)cc1)Cc1ccc(C(F)(F)F)nc1N2. The molecule has 1 aliphatic heterocycles. The van der Waals surface area contributed by atoms with Crippen molar-refractivity contribution in [1.82, 2.24) is 10.1 Å². The zero-order valence-corrected chi connectivity index (χ0v) is 23.2. The maximum Gasteiger partial charge on any atom is 0.573 e. The first-order valence-electron chi connectivity index (χ1n) is 12.2. The average Bonchev–Trinajstić information content (AvgIpc) is 3.03. The Balaban J connectivity index is 1.89. The molecule has 0 bridgehead atoms. The van der Waals surface area contributed by atoms with Gasteiger partial charge in [-0.05, 0) is 56.3 Å². The second kappa shape index (κ2) is 11.1. The van der Waals surface area contributed by atoms with Crippen molar-refractivity contribution >= 4 is 33.1 Å². The third kappa shape index (κ3) is 7.38. The quantitative estimate of drug-likeness (QED) is 0.0991. The van der Waals surface area contributed by atoms with Crippen LogP contribution in [0.25, 0.3) is 0 Å². The maximum atomic E-state index is 14.0. The zero-order valence-electron chi connectivity index (χ0n) is 22.4. The number of nitrogens with zero attached hydrogens (tertiary/aromatic N) is 4. The van der Waals surface area contributed by atoms with Gasteiger partial charge in [0.25, 0.3) is 10.0 Å². The summed E-state index contributed by atoms with van der Waals surface area (Å²) in [6, 6.07) is 9.26. The molecule has 2 aromatic carbocycles. The van der Waals surface area contributed by atoms with E-state index in [1.54, 1.807) is 0 Å². The monoisotopic (exact) mass is 633 g/mol. The number of alkyl halides is 6. The van der Waals surface area contributed by atoms with E-state index in [4.69, 9.17) is 11.6 Å². The number of rotatable bonds is 7. The lowest BCUT2D eigenvalue weighted by Crippen LogP contribution is -2.41. The Kier molecular flexibility index (Phi) is 8.16. The van der Waals surface area contributed by atoms with Gasteiger partial charge >= 0.3 is 12.5 Å². The van der Waals surface area contributed by atoms with Crippen LogP contribution in [0, 0.1) is 0 Å². The predicted octanol–water partition coefficient (Wildman–Crippen LogP) is 4.02. The molecule has 0 radical (unpaired) electrons. The average molecular weight is 634 g/mol. The van der Waals surface area contributed by atoms with Crippen molar-refractivity contribution in [2.45, 2.75) is 43.4 Å². The van der Waals surface area contributed by atoms with Crippen molar-refractivity contribution in [3.63, 3.8) is 0 Å². The second-order valence-electron chi connectivity index (χ2n) is 9.95. The number of hydrogen-bond acceptors (Lipinski definition) is 9. The van der Waals surface area contributed by atoms with E-state index in [0.29, 0.717) is 6.07 Å². The van der Waals surface area contributed by atoms with E-state index in [0.717, 1.165) is 39.8 Å². The Morgan fingerprint density at radius 2 is 1.74 bits per heavy atom. The molecule has 0 unspecified atom stereocenters. The summed E-state index contributed by atoms with van der Waals surface area (Å²) in [5.41, 5.74) is 3.49. The molecule has 0 fully saturated rings. The number of hydrazine groups is 1. The molecule has 18 heteroatoms. The number of hydrazone groups is 1. The molecule has 232 valence electrons. The van der Waals surface area contributed by atoms with Gasteiger partial charge in [-0.2, -0.15) is 13.2 Å².